The quantitative estimate of drug-likeness (QED) is 0.241. The van der Waals surface area contributed by atoms with E-state index >= 15 is 0 Å². The number of aromatic nitrogens is 1. The molecule has 166 valence electrons. The maximum Gasteiger partial charge on any atom is 0.0752 e. The van der Waals surface area contributed by atoms with Crippen LogP contribution < -0.4 is 0 Å². The Bertz CT molecular complexity index is 1700. The fraction of sp³-hybridized carbons (Fsp3) is 0.0882. The highest BCUT2D eigenvalue weighted by molar-refractivity contribution is 6.22. The van der Waals surface area contributed by atoms with Gasteiger partial charge in [0.05, 0.1) is 5.69 Å². The first-order valence-electron chi connectivity index (χ1n) is 12.2. The molecule has 1 aliphatic rings. The predicted molar refractivity (Wildman–Crippen MR) is 148 cm³/mol. The molecule has 0 spiro atoms. The van der Waals surface area contributed by atoms with Crippen LogP contribution in [0, 0.1) is 0 Å². The average Bonchev–Trinajstić information content (AvgIpc) is 3.15. The van der Waals surface area contributed by atoms with Crippen LogP contribution in [0.2, 0.25) is 0 Å². The Morgan fingerprint density at radius 2 is 1.06 bits per heavy atom. The minimum absolute atomic E-state index is 0.0788. The minimum atomic E-state index is -0.0788. The fourth-order valence-corrected chi connectivity index (χ4v) is 6.12. The van der Waals surface area contributed by atoms with E-state index in [2.05, 4.69) is 123 Å². The van der Waals surface area contributed by atoms with Crippen molar-refractivity contribution in [2.45, 2.75) is 19.3 Å². The number of nitrogens with zero attached hydrogens (tertiary/aromatic N) is 1. The smallest absolute Gasteiger partial charge is 0.0752 e. The van der Waals surface area contributed by atoms with Gasteiger partial charge in [-0.1, -0.05) is 117 Å². The molecule has 1 nitrogen and oxygen atoms in total. The van der Waals surface area contributed by atoms with Crippen LogP contribution in [-0.2, 0) is 5.41 Å². The summed E-state index contributed by atoms with van der Waals surface area (Å²) in [4.78, 5) is 4.91. The molecule has 5 aromatic carbocycles. The highest BCUT2D eigenvalue weighted by Gasteiger charge is 2.38. The van der Waals surface area contributed by atoms with Crippen molar-refractivity contribution in [3.8, 4) is 33.5 Å². The Hall–Kier alpha value is -4.23. The van der Waals surface area contributed by atoms with Gasteiger partial charge in [0.2, 0.25) is 0 Å². The van der Waals surface area contributed by atoms with Gasteiger partial charge in [0, 0.05) is 17.2 Å². The maximum absolute atomic E-state index is 4.91. The van der Waals surface area contributed by atoms with E-state index in [4.69, 9.17) is 4.98 Å². The molecule has 0 aliphatic heterocycles. The van der Waals surface area contributed by atoms with Gasteiger partial charge in [-0.05, 0) is 61.0 Å². The van der Waals surface area contributed by atoms with Gasteiger partial charge in [0.1, 0.15) is 0 Å². The number of fused-ring (bicyclic) bond motifs is 5. The Kier molecular flexibility index (Phi) is 4.25. The van der Waals surface area contributed by atoms with Gasteiger partial charge >= 0.3 is 0 Å². The highest BCUT2D eigenvalue weighted by atomic mass is 14.7. The van der Waals surface area contributed by atoms with Crippen molar-refractivity contribution < 1.29 is 0 Å². The second kappa shape index (κ2) is 7.38. The first kappa shape index (κ1) is 20.2. The van der Waals surface area contributed by atoms with Gasteiger partial charge in [0.25, 0.3) is 0 Å². The number of hydrogen-bond acceptors (Lipinski definition) is 1. The Labute approximate surface area is 205 Å². The van der Waals surface area contributed by atoms with Crippen LogP contribution in [0.4, 0.5) is 0 Å². The third kappa shape index (κ3) is 2.79. The van der Waals surface area contributed by atoms with Crippen molar-refractivity contribution in [3.63, 3.8) is 0 Å². The summed E-state index contributed by atoms with van der Waals surface area (Å²) in [5, 5.41) is 5.12. The summed E-state index contributed by atoms with van der Waals surface area (Å²) in [5.41, 5.74) is 10.1. The van der Waals surface area contributed by atoms with E-state index in [1.165, 1.54) is 60.5 Å². The number of rotatable bonds is 2. The standard InChI is InChI=1S/C34H25N/c1-34(2)28-19-10-18-27(32(28)33-29(34)20-11-21-35-33)31-25-16-8-6-14-23(25)30(22-12-4-3-5-13-22)24-15-7-9-17-26(24)31/h3-21H,1-2H3. The van der Waals surface area contributed by atoms with Crippen LogP contribution in [0.1, 0.15) is 25.0 Å². The van der Waals surface area contributed by atoms with Crippen LogP contribution in [0.15, 0.2) is 115 Å². The lowest BCUT2D eigenvalue weighted by molar-refractivity contribution is 0.659. The summed E-state index contributed by atoms with van der Waals surface area (Å²) in [6.45, 7) is 4.63. The molecule has 7 rings (SSSR count). The summed E-state index contributed by atoms with van der Waals surface area (Å²) < 4.78 is 0. The Morgan fingerprint density at radius 3 is 1.71 bits per heavy atom. The molecule has 0 atom stereocenters. The van der Waals surface area contributed by atoms with Crippen LogP contribution in [0.3, 0.4) is 0 Å². The molecule has 0 saturated heterocycles. The zero-order valence-electron chi connectivity index (χ0n) is 19.9. The Morgan fingerprint density at radius 1 is 0.486 bits per heavy atom. The van der Waals surface area contributed by atoms with E-state index in [9.17, 15) is 0 Å². The summed E-state index contributed by atoms with van der Waals surface area (Å²) in [5.74, 6) is 0. The second-order valence-corrected chi connectivity index (χ2v) is 9.96. The molecule has 1 aliphatic carbocycles. The molecule has 1 heterocycles. The lowest BCUT2D eigenvalue weighted by Gasteiger charge is -2.22. The summed E-state index contributed by atoms with van der Waals surface area (Å²) in [7, 11) is 0. The molecular formula is C34H25N. The SMILES string of the molecule is CC1(C)c2cccnc2-c2c(-c3c4ccccc4c(-c4ccccc4)c4ccccc34)cccc21. The highest BCUT2D eigenvalue weighted by Crippen LogP contribution is 2.53. The van der Waals surface area contributed by atoms with Crippen molar-refractivity contribution in [1.29, 1.82) is 0 Å². The van der Waals surface area contributed by atoms with E-state index in [1.807, 2.05) is 6.20 Å². The molecule has 0 unspecified atom stereocenters. The molecule has 0 saturated carbocycles. The van der Waals surface area contributed by atoms with Crippen LogP contribution >= 0.6 is 0 Å². The normalized spacial score (nSPS) is 13.7. The predicted octanol–water partition coefficient (Wildman–Crippen LogP) is 9.03. The van der Waals surface area contributed by atoms with E-state index in [1.54, 1.807) is 0 Å². The lowest BCUT2D eigenvalue weighted by Crippen LogP contribution is -2.14. The zero-order valence-corrected chi connectivity index (χ0v) is 19.9. The maximum atomic E-state index is 4.91. The molecule has 0 amide bonds. The third-order valence-corrected chi connectivity index (χ3v) is 7.72. The molecule has 0 bridgehead atoms. The fourth-order valence-electron chi connectivity index (χ4n) is 6.12. The largest absolute Gasteiger partial charge is 0.256 e. The summed E-state index contributed by atoms with van der Waals surface area (Å²) in [6, 6.07) is 39.6. The van der Waals surface area contributed by atoms with E-state index in [0.29, 0.717) is 0 Å². The average molecular weight is 448 g/mol. The van der Waals surface area contributed by atoms with Gasteiger partial charge in [-0.2, -0.15) is 0 Å². The van der Waals surface area contributed by atoms with E-state index in [-0.39, 0.29) is 5.41 Å². The summed E-state index contributed by atoms with van der Waals surface area (Å²) >= 11 is 0. The molecule has 0 radical (unpaired) electrons. The third-order valence-electron chi connectivity index (χ3n) is 7.72. The van der Waals surface area contributed by atoms with Crippen molar-refractivity contribution in [2.24, 2.45) is 0 Å². The van der Waals surface area contributed by atoms with Crippen LogP contribution in [0.5, 0.6) is 0 Å². The summed E-state index contributed by atoms with van der Waals surface area (Å²) in [6.07, 6.45) is 1.93. The molecule has 1 heteroatoms. The zero-order chi connectivity index (χ0) is 23.6. The van der Waals surface area contributed by atoms with Crippen molar-refractivity contribution in [1.82, 2.24) is 4.98 Å². The van der Waals surface area contributed by atoms with E-state index in [0.717, 1.165) is 5.69 Å². The monoisotopic (exact) mass is 447 g/mol. The van der Waals surface area contributed by atoms with Crippen molar-refractivity contribution >= 4 is 21.5 Å². The van der Waals surface area contributed by atoms with Crippen LogP contribution in [0.25, 0.3) is 55.1 Å². The number of hydrogen-bond donors (Lipinski definition) is 0. The van der Waals surface area contributed by atoms with Gasteiger partial charge in [0.15, 0.2) is 0 Å². The molecule has 6 aromatic rings. The van der Waals surface area contributed by atoms with Gasteiger partial charge in [-0.25, -0.2) is 0 Å². The van der Waals surface area contributed by atoms with E-state index < -0.39 is 0 Å². The minimum Gasteiger partial charge on any atom is -0.256 e. The molecule has 0 fully saturated rings. The number of benzene rings is 5. The van der Waals surface area contributed by atoms with Crippen molar-refractivity contribution in [3.05, 3.63) is 127 Å². The van der Waals surface area contributed by atoms with Gasteiger partial charge in [-0.3, -0.25) is 4.98 Å². The number of pyridine rings is 1. The molecule has 0 N–H and O–H groups in total. The van der Waals surface area contributed by atoms with Crippen molar-refractivity contribution in [2.75, 3.05) is 0 Å². The van der Waals surface area contributed by atoms with Crippen LogP contribution in [-0.4, -0.2) is 4.98 Å². The second-order valence-electron chi connectivity index (χ2n) is 9.96. The molecular weight excluding hydrogens is 422 g/mol. The Balaban J connectivity index is 1.67. The molecule has 1 aromatic heterocycles. The van der Waals surface area contributed by atoms with Gasteiger partial charge < -0.3 is 0 Å². The first-order valence-corrected chi connectivity index (χ1v) is 12.2. The molecule has 35 heavy (non-hydrogen) atoms. The topological polar surface area (TPSA) is 12.9 Å². The first-order chi connectivity index (χ1) is 17.2. The van der Waals surface area contributed by atoms with Gasteiger partial charge in [-0.15, -0.1) is 0 Å². The lowest BCUT2D eigenvalue weighted by atomic mass is 9.81.